The van der Waals surface area contributed by atoms with Crippen molar-refractivity contribution in [2.24, 2.45) is 0 Å². The predicted octanol–water partition coefficient (Wildman–Crippen LogP) is 4.85. The molecule has 140 valence electrons. The van der Waals surface area contributed by atoms with E-state index in [1.807, 2.05) is 6.07 Å². The van der Waals surface area contributed by atoms with Crippen molar-refractivity contribution in [3.05, 3.63) is 53.2 Å². The third-order valence-corrected chi connectivity index (χ3v) is 5.12. The first-order valence-corrected chi connectivity index (χ1v) is 9.21. The van der Waals surface area contributed by atoms with Crippen LogP contribution in [0.4, 0.5) is 8.78 Å². The second-order valence-corrected chi connectivity index (χ2v) is 7.30. The Hall–Kier alpha value is -2.15. The van der Waals surface area contributed by atoms with E-state index >= 15 is 0 Å². The Bertz CT molecular complexity index is 747. The van der Waals surface area contributed by atoms with E-state index in [1.54, 1.807) is 24.0 Å². The number of aromatic nitrogens is 1. The summed E-state index contributed by atoms with van der Waals surface area (Å²) in [6.07, 6.45) is 2.52. The molecule has 0 amide bonds. The van der Waals surface area contributed by atoms with Crippen LogP contribution in [0.3, 0.4) is 0 Å². The molecule has 4 nitrogen and oxygen atoms in total. The maximum Gasteiger partial charge on any atom is 0.303 e. The van der Waals surface area contributed by atoms with Gasteiger partial charge < -0.3 is 9.84 Å². The summed E-state index contributed by atoms with van der Waals surface area (Å²) >= 11 is 1.59. The summed E-state index contributed by atoms with van der Waals surface area (Å²) in [5.74, 6) is -3.17. The Labute approximate surface area is 155 Å². The molecule has 0 aliphatic heterocycles. The summed E-state index contributed by atoms with van der Waals surface area (Å²) in [6, 6.07) is 5.79. The molecule has 26 heavy (non-hydrogen) atoms. The lowest BCUT2D eigenvalue weighted by Gasteiger charge is -2.14. The molecule has 1 aromatic heterocycles. The van der Waals surface area contributed by atoms with Gasteiger partial charge in [-0.1, -0.05) is 19.9 Å². The quantitative estimate of drug-likeness (QED) is 0.630. The molecule has 2 aromatic rings. The fourth-order valence-electron chi connectivity index (χ4n) is 2.21. The summed E-state index contributed by atoms with van der Waals surface area (Å²) in [7, 11) is 0. The van der Waals surface area contributed by atoms with Crippen LogP contribution in [0, 0.1) is 11.6 Å². The van der Waals surface area contributed by atoms with Crippen molar-refractivity contribution in [2.75, 3.05) is 0 Å². The molecule has 1 heterocycles. The number of carbonyl (C=O) groups is 1. The van der Waals surface area contributed by atoms with Crippen molar-refractivity contribution >= 4 is 17.7 Å². The summed E-state index contributed by atoms with van der Waals surface area (Å²) in [4.78, 5) is 14.9. The normalized spacial score (nSPS) is 12.0. The molecule has 0 saturated carbocycles. The highest BCUT2D eigenvalue weighted by atomic mass is 32.2. The van der Waals surface area contributed by atoms with Crippen LogP contribution in [0.5, 0.6) is 5.75 Å². The van der Waals surface area contributed by atoms with Crippen molar-refractivity contribution in [1.29, 1.82) is 0 Å². The van der Waals surface area contributed by atoms with Gasteiger partial charge in [0, 0.05) is 23.4 Å². The van der Waals surface area contributed by atoms with E-state index in [-0.39, 0.29) is 25.0 Å². The molecule has 0 aliphatic carbocycles. The van der Waals surface area contributed by atoms with Crippen LogP contribution in [0.2, 0.25) is 0 Å². The third-order valence-electron chi connectivity index (χ3n) is 3.80. The lowest BCUT2D eigenvalue weighted by Crippen LogP contribution is -2.05. The first-order valence-electron chi connectivity index (χ1n) is 8.33. The van der Waals surface area contributed by atoms with E-state index in [2.05, 4.69) is 18.8 Å². The topological polar surface area (TPSA) is 59.4 Å². The Balaban J connectivity index is 2.11. The average molecular weight is 381 g/mol. The van der Waals surface area contributed by atoms with Gasteiger partial charge in [-0.25, -0.2) is 13.8 Å². The van der Waals surface area contributed by atoms with Crippen LogP contribution < -0.4 is 4.74 Å². The van der Waals surface area contributed by atoms with Crippen LogP contribution in [0.1, 0.15) is 37.8 Å². The average Bonchev–Trinajstić information content (AvgIpc) is 2.60. The standard InChI is InChI=1S/C19H21F2NO3S/c1-3-12(2)26-19-14(5-4-8-22-19)11-25-18-15(20)9-13(10-16(18)21)6-7-17(23)24/h4-5,8-10,12H,3,6-7,11H2,1-2H3,(H,23,24). The van der Waals surface area contributed by atoms with Crippen molar-refractivity contribution in [1.82, 2.24) is 4.98 Å². The number of carboxylic acids is 1. The lowest BCUT2D eigenvalue weighted by molar-refractivity contribution is -0.136. The Morgan fingerprint density at radius 1 is 1.35 bits per heavy atom. The number of aryl methyl sites for hydroxylation is 1. The van der Waals surface area contributed by atoms with E-state index in [0.717, 1.165) is 29.1 Å². The Morgan fingerprint density at radius 2 is 2.04 bits per heavy atom. The molecule has 1 unspecified atom stereocenters. The van der Waals surface area contributed by atoms with E-state index in [0.29, 0.717) is 5.25 Å². The van der Waals surface area contributed by atoms with Crippen molar-refractivity contribution in [3.8, 4) is 5.75 Å². The molecule has 0 saturated heterocycles. The molecule has 0 bridgehead atoms. The van der Waals surface area contributed by atoms with Crippen LogP contribution >= 0.6 is 11.8 Å². The van der Waals surface area contributed by atoms with Crippen LogP contribution in [0.15, 0.2) is 35.5 Å². The second-order valence-electron chi connectivity index (χ2n) is 5.88. The zero-order valence-corrected chi connectivity index (χ0v) is 15.5. The summed E-state index contributed by atoms with van der Waals surface area (Å²) in [5, 5.41) is 9.81. The molecule has 1 N–H and O–H groups in total. The highest BCUT2D eigenvalue weighted by Gasteiger charge is 2.15. The highest BCUT2D eigenvalue weighted by molar-refractivity contribution is 7.99. The van der Waals surface area contributed by atoms with E-state index in [1.165, 1.54) is 0 Å². The van der Waals surface area contributed by atoms with Gasteiger partial charge in [-0.05, 0) is 36.6 Å². The lowest BCUT2D eigenvalue weighted by atomic mass is 10.1. The van der Waals surface area contributed by atoms with Gasteiger partial charge in [0.05, 0.1) is 0 Å². The van der Waals surface area contributed by atoms with Gasteiger partial charge >= 0.3 is 5.97 Å². The number of halogens is 2. The number of thioether (sulfide) groups is 1. The van der Waals surface area contributed by atoms with Gasteiger partial charge in [-0.2, -0.15) is 0 Å². The Kier molecular flexibility index (Phi) is 7.38. The molecule has 1 atom stereocenters. The molecular weight excluding hydrogens is 360 g/mol. The molecule has 7 heteroatoms. The van der Waals surface area contributed by atoms with Crippen molar-refractivity contribution in [2.45, 2.75) is 50.0 Å². The molecule has 1 aromatic carbocycles. The fourth-order valence-corrected chi connectivity index (χ4v) is 3.16. The van der Waals surface area contributed by atoms with Crippen LogP contribution in [-0.2, 0) is 17.8 Å². The van der Waals surface area contributed by atoms with E-state index in [9.17, 15) is 13.6 Å². The zero-order valence-electron chi connectivity index (χ0n) is 14.7. The second kappa shape index (κ2) is 9.52. The highest BCUT2D eigenvalue weighted by Crippen LogP contribution is 2.29. The summed E-state index contributed by atoms with van der Waals surface area (Å²) in [6.45, 7) is 4.15. The number of benzene rings is 1. The molecule has 0 aliphatic rings. The minimum atomic E-state index is -1.02. The molecular formula is C19H21F2NO3S. The first-order chi connectivity index (χ1) is 12.4. The monoisotopic (exact) mass is 381 g/mol. The number of hydrogen-bond acceptors (Lipinski definition) is 4. The van der Waals surface area contributed by atoms with Gasteiger partial charge in [-0.3, -0.25) is 4.79 Å². The van der Waals surface area contributed by atoms with Gasteiger partial charge in [0.25, 0.3) is 0 Å². The molecule has 2 rings (SSSR count). The fraction of sp³-hybridized carbons (Fsp3) is 0.368. The minimum absolute atomic E-state index is 0.00504. The zero-order chi connectivity index (χ0) is 19.1. The van der Waals surface area contributed by atoms with Crippen molar-refractivity contribution in [3.63, 3.8) is 0 Å². The summed E-state index contributed by atoms with van der Waals surface area (Å²) in [5.41, 5.74) is 1.04. The van der Waals surface area contributed by atoms with E-state index < -0.39 is 23.4 Å². The number of pyridine rings is 1. The Morgan fingerprint density at radius 3 is 2.65 bits per heavy atom. The van der Waals surface area contributed by atoms with E-state index in [4.69, 9.17) is 9.84 Å². The SMILES string of the molecule is CCC(C)Sc1ncccc1COc1c(F)cc(CCC(=O)O)cc1F. The largest absolute Gasteiger partial charge is 0.483 e. The van der Waals surface area contributed by atoms with Gasteiger partial charge in [0.15, 0.2) is 17.4 Å². The van der Waals surface area contributed by atoms with Crippen LogP contribution in [-0.4, -0.2) is 21.3 Å². The number of carboxylic acid groups (broad SMARTS) is 1. The number of nitrogens with zero attached hydrogens (tertiary/aromatic N) is 1. The molecule has 0 spiro atoms. The minimum Gasteiger partial charge on any atom is -0.483 e. The maximum absolute atomic E-state index is 14.2. The summed E-state index contributed by atoms with van der Waals surface area (Å²) < 4.78 is 33.7. The first kappa shape index (κ1) is 20.2. The number of hydrogen-bond donors (Lipinski definition) is 1. The van der Waals surface area contributed by atoms with Crippen LogP contribution in [0.25, 0.3) is 0 Å². The van der Waals surface area contributed by atoms with Gasteiger partial charge in [0.2, 0.25) is 0 Å². The van der Waals surface area contributed by atoms with Gasteiger partial charge in [0.1, 0.15) is 11.6 Å². The van der Waals surface area contributed by atoms with Gasteiger partial charge in [-0.15, -0.1) is 11.8 Å². The molecule has 0 radical (unpaired) electrons. The smallest absolute Gasteiger partial charge is 0.303 e. The maximum atomic E-state index is 14.2. The number of rotatable bonds is 9. The molecule has 0 fully saturated rings. The van der Waals surface area contributed by atoms with Crippen molar-refractivity contribution < 1.29 is 23.4 Å². The third kappa shape index (κ3) is 5.69. The predicted molar refractivity (Wildman–Crippen MR) is 96.5 cm³/mol. The number of aliphatic carboxylic acids is 1. The number of ether oxygens (including phenoxy) is 1.